The van der Waals surface area contributed by atoms with Crippen molar-refractivity contribution in [3.05, 3.63) is 83.4 Å². The van der Waals surface area contributed by atoms with E-state index in [-0.39, 0.29) is 25.3 Å². The van der Waals surface area contributed by atoms with Crippen LogP contribution < -0.4 is 16.0 Å². The molecule has 0 aliphatic rings. The molecule has 3 aromatic carbocycles. The number of carboxylic acids is 2. The number of nitrogens with one attached hydrogen (secondary N) is 4. The number of aromatic nitrogens is 2. The van der Waals surface area contributed by atoms with Gasteiger partial charge in [0, 0.05) is 18.0 Å². The fraction of sp³-hybridized carbons (Fsp3) is 0.233. The second-order valence-electron chi connectivity index (χ2n) is 9.56. The monoisotopic (exact) mass is 647 g/mol. The third-order valence-corrected chi connectivity index (χ3v) is 6.41. The van der Waals surface area contributed by atoms with Gasteiger partial charge in [0.25, 0.3) is 0 Å². The SMILES string of the molecule is O=C(O)C(F)(F)F.O=C(O)CC(NC(=O)CNC(=O)CCCNc1nc2ccccc2[nH]1)c1ccc(-c2ccc(Cl)cc2)cc1. The number of carbonyl (C=O) groups excluding carboxylic acids is 2. The maximum Gasteiger partial charge on any atom is 0.490 e. The minimum atomic E-state index is -5.08. The number of carboxylic acid groups (broad SMARTS) is 2. The molecule has 45 heavy (non-hydrogen) atoms. The van der Waals surface area contributed by atoms with E-state index in [1.54, 1.807) is 24.3 Å². The van der Waals surface area contributed by atoms with Gasteiger partial charge in [0.1, 0.15) is 0 Å². The van der Waals surface area contributed by atoms with Crippen LogP contribution in [0.5, 0.6) is 0 Å². The molecule has 1 unspecified atom stereocenters. The number of alkyl halides is 3. The van der Waals surface area contributed by atoms with E-state index in [9.17, 15) is 32.7 Å². The Hall–Kier alpha value is -5.11. The van der Waals surface area contributed by atoms with Crippen molar-refractivity contribution in [3.63, 3.8) is 0 Å². The van der Waals surface area contributed by atoms with Gasteiger partial charge in [-0.15, -0.1) is 0 Å². The van der Waals surface area contributed by atoms with Crippen molar-refractivity contribution in [2.24, 2.45) is 0 Å². The summed E-state index contributed by atoms with van der Waals surface area (Å²) in [4.78, 5) is 52.5. The molecule has 1 atom stereocenters. The lowest BCUT2D eigenvalue weighted by Gasteiger charge is -2.18. The van der Waals surface area contributed by atoms with Gasteiger partial charge < -0.3 is 31.1 Å². The number of amides is 2. The Morgan fingerprint density at radius 1 is 0.889 bits per heavy atom. The van der Waals surface area contributed by atoms with Crippen LogP contribution in [0, 0.1) is 0 Å². The third-order valence-electron chi connectivity index (χ3n) is 6.16. The van der Waals surface area contributed by atoms with Gasteiger partial charge in [-0.2, -0.15) is 13.2 Å². The molecule has 238 valence electrons. The Morgan fingerprint density at radius 3 is 2.07 bits per heavy atom. The van der Waals surface area contributed by atoms with E-state index in [4.69, 9.17) is 21.5 Å². The molecule has 0 aliphatic heterocycles. The highest BCUT2D eigenvalue weighted by molar-refractivity contribution is 6.30. The fourth-order valence-corrected chi connectivity index (χ4v) is 4.11. The molecule has 6 N–H and O–H groups in total. The van der Waals surface area contributed by atoms with Gasteiger partial charge in [-0.05, 0) is 47.4 Å². The molecular weight excluding hydrogens is 619 g/mol. The highest BCUT2D eigenvalue weighted by atomic mass is 35.5. The summed E-state index contributed by atoms with van der Waals surface area (Å²) >= 11 is 5.95. The number of anilines is 1. The Labute approximate surface area is 259 Å². The van der Waals surface area contributed by atoms with E-state index in [1.807, 2.05) is 48.5 Å². The normalized spacial score (nSPS) is 11.6. The van der Waals surface area contributed by atoms with Crippen LogP contribution in [0.25, 0.3) is 22.2 Å². The highest BCUT2D eigenvalue weighted by Crippen LogP contribution is 2.25. The summed E-state index contributed by atoms with van der Waals surface area (Å²) in [7, 11) is 0. The van der Waals surface area contributed by atoms with Gasteiger partial charge in [0.05, 0.1) is 30.0 Å². The first-order valence-electron chi connectivity index (χ1n) is 13.4. The first kappa shape index (κ1) is 34.4. The molecule has 0 saturated carbocycles. The second kappa shape index (κ2) is 16.1. The standard InChI is InChI=1S/C28H28ClN5O4.C2HF3O2/c29-21-13-11-19(12-14-21)18-7-9-20(10-8-18)24(16-27(37)38)32-26(36)17-31-25(35)6-3-15-30-28-33-22-4-1-2-5-23(22)34-28;3-2(4,5)1(6)7/h1-2,4-5,7-14,24H,3,6,15-17H2,(H,31,35)(H,32,36)(H,37,38)(H2,30,33,34);(H,6,7). The number of rotatable bonds is 12. The lowest BCUT2D eigenvalue weighted by Crippen LogP contribution is -2.39. The number of nitrogens with zero attached hydrogens (tertiary/aromatic N) is 1. The van der Waals surface area contributed by atoms with Crippen LogP contribution in [-0.4, -0.2) is 63.2 Å². The van der Waals surface area contributed by atoms with Gasteiger partial charge in [-0.1, -0.05) is 60.1 Å². The van der Waals surface area contributed by atoms with E-state index in [0.29, 0.717) is 29.5 Å². The van der Waals surface area contributed by atoms with E-state index in [1.165, 1.54) is 0 Å². The summed E-state index contributed by atoms with van der Waals surface area (Å²) in [6.07, 6.45) is -4.59. The number of aliphatic carboxylic acids is 2. The van der Waals surface area contributed by atoms with E-state index in [2.05, 4.69) is 25.9 Å². The molecule has 0 radical (unpaired) electrons. The molecule has 4 rings (SSSR count). The number of imidazole rings is 1. The van der Waals surface area contributed by atoms with Crippen LogP contribution in [0.4, 0.5) is 19.1 Å². The molecule has 0 bridgehead atoms. The highest BCUT2D eigenvalue weighted by Gasteiger charge is 2.38. The van der Waals surface area contributed by atoms with Crippen LogP contribution in [0.15, 0.2) is 72.8 Å². The molecule has 0 aliphatic carbocycles. The Morgan fingerprint density at radius 2 is 1.49 bits per heavy atom. The smallest absolute Gasteiger partial charge is 0.481 e. The zero-order valence-electron chi connectivity index (χ0n) is 23.5. The van der Waals surface area contributed by atoms with Crippen molar-refractivity contribution >= 4 is 52.3 Å². The molecular formula is C30H29ClF3N5O6. The zero-order valence-corrected chi connectivity index (χ0v) is 24.3. The van der Waals surface area contributed by atoms with Gasteiger partial charge >= 0.3 is 18.1 Å². The van der Waals surface area contributed by atoms with Gasteiger partial charge in [-0.25, -0.2) is 9.78 Å². The summed E-state index contributed by atoms with van der Waals surface area (Å²) < 4.78 is 31.7. The average Bonchev–Trinajstić information content (AvgIpc) is 3.41. The first-order valence-corrected chi connectivity index (χ1v) is 13.8. The lowest BCUT2D eigenvalue weighted by molar-refractivity contribution is -0.192. The van der Waals surface area contributed by atoms with Gasteiger partial charge in [0.15, 0.2) is 0 Å². The number of fused-ring (bicyclic) bond motifs is 1. The Kier molecular flexibility index (Phi) is 12.3. The number of para-hydroxylation sites is 2. The maximum atomic E-state index is 12.5. The largest absolute Gasteiger partial charge is 0.490 e. The van der Waals surface area contributed by atoms with Crippen LogP contribution >= 0.6 is 11.6 Å². The van der Waals surface area contributed by atoms with E-state index in [0.717, 1.165) is 22.2 Å². The van der Waals surface area contributed by atoms with Crippen LogP contribution in [0.2, 0.25) is 5.02 Å². The molecule has 0 fully saturated rings. The Balaban J connectivity index is 0.000000707. The quantitative estimate of drug-likeness (QED) is 0.114. The first-order chi connectivity index (χ1) is 21.3. The molecule has 1 aromatic heterocycles. The summed E-state index contributed by atoms with van der Waals surface area (Å²) in [5.74, 6) is -3.90. The number of halogens is 4. The fourth-order valence-electron chi connectivity index (χ4n) is 3.98. The number of benzene rings is 3. The summed E-state index contributed by atoms with van der Waals surface area (Å²) in [6.45, 7) is 0.293. The van der Waals surface area contributed by atoms with E-state index >= 15 is 0 Å². The predicted molar refractivity (Wildman–Crippen MR) is 161 cm³/mol. The Bertz CT molecular complexity index is 1580. The lowest BCUT2D eigenvalue weighted by atomic mass is 9.99. The minimum Gasteiger partial charge on any atom is -0.481 e. The van der Waals surface area contributed by atoms with Gasteiger partial charge in [0.2, 0.25) is 17.8 Å². The van der Waals surface area contributed by atoms with E-state index < -0.39 is 30.1 Å². The van der Waals surface area contributed by atoms with Crippen molar-refractivity contribution in [3.8, 4) is 11.1 Å². The number of aromatic amines is 1. The zero-order chi connectivity index (χ0) is 33.0. The van der Waals surface area contributed by atoms with Crippen molar-refractivity contribution < 1.29 is 42.6 Å². The minimum absolute atomic E-state index is 0.227. The van der Waals surface area contributed by atoms with Crippen LogP contribution in [-0.2, 0) is 19.2 Å². The molecule has 1 heterocycles. The summed E-state index contributed by atoms with van der Waals surface area (Å²) in [5.41, 5.74) is 4.35. The molecule has 15 heteroatoms. The average molecular weight is 648 g/mol. The number of carbonyl (C=O) groups is 4. The number of hydrogen-bond donors (Lipinski definition) is 6. The van der Waals surface area contributed by atoms with Crippen LogP contribution in [0.3, 0.4) is 0 Å². The number of hydrogen-bond acceptors (Lipinski definition) is 6. The summed E-state index contributed by atoms with van der Waals surface area (Å²) in [6, 6.07) is 21.6. The number of H-pyrrole nitrogens is 1. The topological polar surface area (TPSA) is 174 Å². The molecule has 11 nitrogen and oxygen atoms in total. The van der Waals surface area contributed by atoms with Crippen LogP contribution in [0.1, 0.15) is 30.9 Å². The van der Waals surface area contributed by atoms with Crippen molar-refractivity contribution in [1.82, 2.24) is 20.6 Å². The van der Waals surface area contributed by atoms with Gasteiger partial charge in [-0.3, -0.25) is 14.4 Å². The molecule has 0 spiro atoms. The summed E-state index contributed by atoms with van der Waals surface area (Å²) in [5, 5.41) is 25.5. The second-order valence-corrected chi connectivity index (χ2v) is 10.00. The maximum absolute atomic E-state index is 12.5. The van der Waals surface area contributed by atoms with Crippen molar-refractivity contribution in [2.75, 3.05) is 18.4 Å². The van der Waals surface area contributed by atoms with Crippen molar-refractivity contribution in [2.45, 2.75) is 31.5 Å². The molecule has 4 aromatic rings. The predicted octanol–water partition coefficient (Wildman–Crippen LogP) is 5.16. The van der Waals surface area contributed by atoms with Crippen molar-refractivity contribution in [1.29, 1.82) is 0 Å². The molecule has 2 amide bonds. The third kappa shape index (κ3) is 11.5. The molecule has 0 saturated heterocycles.